The second kappa shape index (κ2) is 8.81. The van der Waals surface area contributed by atoms with Crippen molar-refractivity contribution in [1.29, 1.82) is 0 Å². The molecule has 2 aliphatic rings. The molecular formula is C24H25F2N7O2. The molecule has 11 heteroatoms. The maximum absolute atomic E-state index is 13.9. The van der Waals surface area contributed by atoms with Crippen molar-refractivity contribution in [3.05, 3.63) is 54.3 Å². The molecule has 2 saturated heterocycles. The van der Waals surface area contributed by atoms with E-state index < -0.39 is 11.6 Å². The van der Waals surface area contributed by atoms with Crippen LogP contribution in [0, 0.1) is 17.6 Å². The molecular weight excluding hydrogens is 456 g/mol. The van der Waals surface area contributed by atoms with Crippen LogP contribution in [0.3, 0.4) is 0 Å². The van der Waals surface area contributed by atoms with E-state index in [2.05, 4.69) is 24.9 Å². The molecule has 6 rings (SSSR count). The Morgan fingerprint density at radius 3 is 2.83 bits per heavy atom. The quantitative estimate of drug-likeness (QED) is 0.464. The Bertz CT molecular complexity index is 1340. The van der Waals surface area contributed by atoms with Crippen molar-refractivity contribution in [3.8, 4) is 17.3 Å². The van der Waals surface area contributed by atoms with Gasteiger partial charge in [0.15, 0.2) is 23.0 Å². The van der Waals surface area contributed by atoms with Crippen molar-refractivity contribution < 1.29 is 17.9 Å². The SMILES string of the molecule is Nc1nc(N2CCN3CC(COc4ccc(F)cc4F)CCC3C2)cc2nc(-c3ccco3)nn12. The second-order valence-electron chi connectivity index (χ2n) is 9.08. The number of halogens is 2. The first kappa shape index (κ1) is 21.8. The molecule has 2 N–H and O–H groups in total. The summed E-state index contributed by atoms with van der Waals surface area (Å²) in [5, 5.41) is 4.41. The molecule has 3 aromatic heterocycles. The highest BCUT2D eigenvalue weighted by atomic mass is 19.1. The fraction of sp³-hybridized carbons (Fsp3) is 0.375. The monoisotopic (exact) mass is 481 g/mol. The van der Waals surface area contributed by atoms with E-state index >= 15 is 0 Å². The van der Waals surface area contributed by atoms with Gasteiger partial charge in [-0.3, -0.25) is 4.90 Å². The van der Waals surface area contributed by atoms with Crippen molar-refractivity contribution in [2.24, 2.45) is 5.92 Å². The van der Waals surface area contributed by atoms with Crippen LogP contribution in [-0.2, 0) is 0 Å². The number of aromatic nitrogens is 4. The van der Waals surface area contributed by atoms with E-state index in [1.807, 2.05) is 6.07 Å². The third-order valence-corrected chi connectivity index (χ3v) is 6.78. The van der Waals surface area contributed by atoms with E-state index in [-0.39, 0.29) is 11.7 Å². The number of piperazine rings is 1. The lowest BCUT2D eigenvalue weighted by Crippen LogP contribution is -2.57. The highest BCUT2D eigenvalue weighted by Crippen LogP contribution is 2.29. The summed E-state index contributed by atoms with van der Waals surface area (Å²) in [6, 6.07) is 9.29. The maximum atomic E-state index is 13.9. The van der Waals surface area contributed by atoms with Crippen LogP contribution >= 0.6 is 0 Å². The molecule has 1 aromatic carbocycles. The molecule has 0 radical (unpaired) electrons. The Morgan fingerprint density at radius 1 is 1.09 bits per heavy atom. The fourth-order valence-electron chi connectivity index (χ4n) is 4.97. The summed E-state index contributed by atoms with van der Waals surface area (Å²) in [4.78, 5) is 13.8. The lowest BCUT2D eigenvalue weighted by atomic mass is 9.91. The number of nitrogens with zero attached hydrogens (tertiary/aromatic N) is 6. The minimum Gasteiger partial charge on any atom is -0.490 e. The van der Waals surface area contributed by atoms with Crippen molar-refractivity contribution >= 4 is 17.4 Å². The lowest BCUT2D eigenvalue weighted by molar-refractivity contribution is 0.0718. The van der Waals surface area contributed by atoms with E-state index in [9.17, 15) is 8.78 Å². The predicted octanol–water partition coefficient (Wildman–Crippen LogP) is 3.22. The summed E-state index contributed by atoms with van der Waals surface area (Å²) in [7, 11) is 0. The summed E-state index contributed by atoms with van der Waals surface area (Å²) in [5.74, 6) is 1.22. The van der Waals surface area contributed by atoms with Gasteiger partial charge in [-0.2, -0.15) is 9.50 Å². The van der Waals surface area contributed by atoms with Gasteiger partial charge in [0, 0.05) is 50.3 Å². The first-order valence-electron chi connectivity index (χ1n) is 11.7. The minimum absolute atomic E-state index is 0.0982. The Kier molecular flexibility index (Phi) is 5.48. The lowest BCUT2D eigenvalue weighted by Gasteiger charge is -2.46. The third kappa shape index (κ3) is 4.27. The number of piperidine rings is 1. The van der Waals surface area contributed by atoms with Crippen molar-refractivity contribution in [2.75, 3.05) is 43.4 Å². The van der Waals surface area contributed by atoms with Gasteiger partial charge in [0.2, 0.25) is 11.8 Å². The minimum atomic E-state index is -0.667. The number of furan rings is 1. The molecule has 35 heavy (non-hydrogen) atoms. The number of fused-ring (bicyclic) bond motifs is 2. The van der Waals surface area contributed by atoms with E-state index in [1.54, 1.807) is 18.4 Å². The smallest absolute Gasteiger partial charge is 0.225 e. The topological polar surface area (TPSA) is 98.0 Å². The summed E-state index contributed by atoms with van der Waals surface area (Å²) < 4.78 is 39.6. The summed E-state index contributed by atoms with van der Waals surface area (Å²) in [6.45, 7) is 3.81. The van der Waals surface area contributed by atoms with Crippen LogP contribution in [0.25, 0.3) is 17.2 Å². The van der Waals surface area contributed by atoms with Crippen LogP contribution in [0.5, 0.6) is 5.75 Å². The van der Waals surface area contributed by atoms with Crippen LogP contribution in [0.15, 0.2) is 47.1 Å². The molecule has 0 saturated carbocycles. The van der Waals surface area contributed by atoms with Gasteiger partial charge in [0.1, 0.15) is 11.6 Å². The number of anilines is 2. The molecule has 0 spiro atoms. The van der Waals surface area contributed by atoms with Gasteiger partial charge in [0.05, 0.1) is 12.9 Å². The number of hydrogen-bond acceptors (Lipinski definition) is 8. The van der Waals surface area contributed by atoms with Crippen molar-refractivity contribution in [2.45, 2.75) is 18.9 Å². The number of benzene rings is 1. The second-order valence-corrected chi connectivity index (χ2v) is 9.08. The molecule has 0 aliphatic carbocycles. The van der Waals surface area contributed by atoms with E-state index in [4.69, 9.17) is 14.9 Å². The normalized spacial score (nSPS) is 20.8. The van der Waals surface area contributed by atoms with Gasteiger partial charge in [-0.25, -0.2) is 13.8 Å². The average Bonchev–Trinajstić information content (AvgIpc) is 3.53. The fourth-order valence-corrected chi connectivity index (χ4v) is 4.97. The highest BCUT2D eigenvalue weighted by molar-refractivity contribution is 5.59. The molecule has 2 atom stereocenters. The molecule has 4 aromatic rings. The van der Waals surface area contributed by atoms with Crippen LogP contribution < -0.4 is 15.4 Å². The maximum Gasteiger partial charge on any atom is 0.225 e. The van der Waals surface area contributed by atoms with E-state index in [1.165, 1.54) is 16.6 Å². The Morgan fingerprint density at radius 2 is 2.00 bits per heavy atom. The van der Waals surface area contributed by atoms with Gasteiger partial charge in [0.25, 0.3) is 0 Å². The van der Waals surface area contributed by atoms with Crippen LogP contribution in [0.4, 0.5) is 20.5 Å². The molecule has 0 amide bonds. The first-order chi connectivity index (χ1) is 17.0. The average molecular weight is 482 g/mol. The molecule has 2 unspecified atom stereocenters. The first-order valence-corrected chi connectivity index (χ1v) is 11.7. The van der Waals surface area contributed by atoms with Gasteiger partial charge in [-0.1, -0.05) is 0 Å². The van der Waals surface area contributed by atoms with E-state index in [0.717, 1.165) is 50.9 Å². The zero-order chi connectivity index (χ0) is 23.9. The molecule has 2 aliphatic heterocycles. The summed E-state index contributed by atoms with van der Waals surface area (Å²) >= 11 is 0. The van der Waals surface area contributed by atoms with Gasteiger partial charge < -0.3 is 19.8 Å². The number of ether oxygens (including phenoxy) is 1. The van der Waals surface area contributed by atoms with Gasteiger partial charge in [-0.15, -0.1) is 5.10 Å². The zero-order valence-electron chi connectivity index (χ0n) is 19.0. The molecule has 5 heterocycles. The zero-order valence-corrected chi connectivity index (χ0v) is 19.0. The van der Waals surface area contributed by atoms with Crippen molar-refractivity contribution in [1.82, 2.24) is 24.5 Å². The standard InChI is InChI=1S/C24H25F2N7O2/c25-16-4-6-19(18(26)10-16)35-14-15-3-5-17-13-32(8-7-31(17)12-15)21-11-22-28-23(20-2-1-9-34-20)30-33(22)24(27)29-21/h1-2,4,6,9-11,15,17H,3,5,7-8,12-14H2,(H2,27,29). The predicted molar refractivity (Wildman–Crippen MR) is 125 cm³/mol. The highest BCUT2D eigenvalue weighted by Gasteiger charge is 2.34. The molecule has 0 bridgehead atoms. The van der Waals surface area contributed by atoms with Gasteiger partial charge in [-0.05, 0) is 37.1 Å². The Balaban J connectivity index is 1.10. The largest absolute Gasteiger partial charge is 0.490 e. The summed E-state index contributed by atoms with van der Waals surface area (Å²) in [6.07, 6.45) is 3.56. The number of hydrogen-bond donors (Lipinski definition) is 1. The molecule has 182 valence electrons. The number of nitrogen functional groups attached to an aromatic ring is 1. The van der Waals surface area contributed by atoms with Crippen molar-refractivity contribution in [3.63, 3.8) is 0 Å². The van der Waals surface area contributed by atoms with Crippen LogP contribution in [-0.4, -0.2) is 63.3 Å². The Labute approximate surface area is 200 Å². The molecule has 9 nitrogen and oxygen atoms in total. The Hall–Kier alpha value is -3.73. The van der Waals surface area contributed by atoms with Crippen LogP contribution in [0.1, 0.15) is 12.8 Å². The number of rotatable bonds is 5. The summed E-state index contributed by atoms with van der Waals surface area (Å²) in [5.41, 5.74) is 6.82. The number of nitrogens with two attached hydrogens (primary N) is 1. The molecule has 2 fully saturated rings. The van der Waals surface area contributed by atoms with E-state index in [0.29, 0.717) is 35.8 Å². The van der Waals surface area contributed by atoms with Crippen LogP contribution in [0.2, 0.25) is 0 Å². The third-order valence-electron chi connectivity index (χ3n) is 6.78. The van der Waals surface area contributed by atoms with Gasteiger partial charge >= 0.3 is 0 Å².